The third-order valence-corrected chi connectivity index (χ3v) is 4.96. The first-order valence-corrected chi connectivity index (χ1v) is 8.56. The second-order valence-corrected chi connectivity index (χ2v) is 6.56. The Bertz CT molecular complexity index is 774. The van der Waals surface area contributed by atoms with Crippen LogP contribution in [0, 0.1) is 21.8 Å². The fourth-order valence-corrected chi connectivity index (χ4v) is 3.46. The van der Waals surface area contributed by atoms with Crippen molar-refractivity contribution in [3.63, 3.8) is 0 Å². The second kappa shape index (κ2) is 7.80. The number of piperidine rings is 1. The van der Waals surface area contributed by atoms with Gasteiger partial charge in [-0.05, 0) is 54.2 Å². The second-order valence-electron chi connectivity index (χ2n) is 6.56. The van der Waals surface area contributed by atoms with Crippen molar-refractivity contribution in [3.05, 3.63) is 69.5 Å². The molecule has 7 heteroatoms. The molecule has 26 heavy (non-hydrogen) atoms. The largest absolute Gasteiger partial charge is 0.392 e. The summed E-state index contributed by atoms with van der Waals surface area (Å²) in [6.45, 7) is 0.960. The van der Waals surface area contributed by atoms with Gasteiger partial charge in [0.05, 0.1) is 17.6 Å². The Hall–Kier alpha value is -2.51. The highest BCUT2D eigenvalue weighted by Crippen LogP contribution is 2.36. The zero-order valence-electron chi connectivity index (χ0n) is 14.2. The highest BCUT2D eigenvalue weighted by Gasteiger charge is 2.29. The van der Waals surface area contributed by atoms with Crippen LogP contribution in [0.15, 0.2) is 42.5 Å². The zero-order valence-corrected chi connectivity index (χ0v) is 14.2. The molecule has 3 rings (SSSR count). The Kier molecular flexibility index (Phi) is 5.49. The fraction of sp³-hybridized carbons (Fsp3) is 0.368. The van der Waals surface area contributed by atoms with Crippen LogP contribution in [0.4, 0.5) is 15.8 Å². The molecule has 0 radical (unpaired) electrons. The van der Waals surface area contributed by atoms with Crippen LogP contribution in [-0.4, -0.2) is 28.2 Å². The zero-order chi connectivity index (χ0) is 18.7. The highest BCUT2D eigenvalue weighted by molar-refractivity contribution is 5.64. The third-order valence-electron chi connectivity index (χ3n) is 4.96. The van der Waals surface area contributed by atoms with Gasteiger partial charge in [0.25, 0.3) is 5.69 Å². The number of hydrogen-bond donors (Lipinski definition) is 2. The maximum Gasteiger partial charge on any atom is 0.292 e. The van der Waals surface area contributed by atoms with Gasteiger partial charge in [-0.3, -0.25) is 10.1 Å². The van der Waals surface area contributed by atoms with Gasteiger partial charge in [-0.2, -0.15) is 0 Å². The quantitative estimate of drug-likeness (QED) is 0.632. The molecular formula is C19H21FN2O4. The maximum atomic E-state index is 13.0. The van der Waals surface area contributed by atoms with Crippen LogP contribution in [0.1, 0.15) is 30.1 Å². The summed E-state index contributed by atoms with van der Waals surface area (Å²) in [5.74, 6) is -0.330. The molecule has 1 saturated heterocycles. The van der Waals surface area contributed by atoms with Crippen LogP contribution >= 0.6 is 0 Å². The van der Waals surface area contributed by atoms with Crippen molar-refractivity contribution in [2.24, 2.45) is 5.92 Å². The molecule has 0 amide bonds. The summed E-state index contributed by atoms with van der Waals surface area (Å²) in [5.41, 5.74) is 1.81. The van der Waals surface area contributed by atoms with Crippen LogP contribution in [0.2, 0.25) is 0 Å². The van der Waals surface area contributed by atoms with E-state index >= 15 is 0 Å². The smallest absolute Gasteiger partial charge is 0.292 e. The lowest BCUT2D eigenvalue weighted by molar-refractivity contribution is -0.384. The Morgan fingerprint density at radius 3 is 2.42 bits per heavy atom. The number of nitro groups is 1. The monoisotopic (exact) mass is 360 g/mol. The van der Waals surface area contributed by atoms with Crippen LogP contribution in [-0.2, 0) is 6.61 Å². The molecule has 0 aliphatic carbocycles. The van der Waals surface area contributed by atoms with Crippen LogP contribution in [0.3, 0.4) is 0 Å². The van der Waals surface area contributed by atoms with Crippen molar-refractivity contribution in [2.45, 2.75) is 25.6 Å². The van der Waals surface area contributed by atoms with E-state index in [1.165, 1.54) is 18.2 Å². The van der Waals surface area contributed by atoms with Crippen molar-refractivity contribution in [2.75, 3.05) is 18.0 Å². The lowest BCUT2D eigenvalue weighted by atomic mass is 9.87. The standard InChI is InChI=1S/C19H21FN2O4/c20-16-4-2-14(3-5-16)19(24)15-7-9-21(10-8-15)18-11-13(12-23)1-6-17(18)22(25)26/h1-6,11,15,19,23-24H,7-10,12H2. The van der Waals surface area contributed by atoms with Crippen molar-refractivity contribution in [1.82, 2.24) is 0 Å². The van der Waals surface area contributed by atoms with E-state index in [1.807, 2.05) is 4.90 Å². The maximum absolute atomic E-state index is 13.0. The molecule has 6 nitrogen and oxygen atoms in total. The van der Waals surface area contributed by atoms with Crippen molar-refractivity contribution in [1.29, 1.82) is 0 Å². The number of halogens is 1. The number of nitro benzene ring substituents is 1. The summed E-state index contributed by atoms with van der Waals surface area (Å²) in [5, 5.41) is 31.1. The van der Waals surface area contributed by atoms with Gasteiger partial charge in [0, 0.05) is 19.2 Å². The van der Waals surface area contributed by atoms with Gasteiger partial charge in [-0.25, -0.2) is 4.39 Å². The van der Waals surface area contributed by atoms with Crippen LogP contribution in [0.25, 0.3) is 0 Å². The Labute approximate surface area is 150 Å². The van der Waals surface area contributed by atoms with E-state index in [-0.39, 0.29) is 24.0 Å². The van der Waals surface area contributed by atoms with E-state index in [2.05, 4.69) is 0 Å². The van der Waals surface area contributed by atoms with E-state index in [0.29, 0.717) is 42.7 Å². The van der Waals surface area contributed by atoms with Gasteiger partial charge >= 0.3 is 0 Å². The van der Waals surface area contributed by atoms with Gasteiger partial charge in [0.15, 0.2) is 0 Å². The summed E-state index contributed by atoms with van der Waals surface area (Å²) < 4.78 is 13.0. The SMILES string of the molecule is O=[N+]([O-])c1ccc(CO)cc1N1CCC(C(O)c2ccc(F)cc2)CC1. The summed E-state index contributed by atoms with van der Waals surface area (Å²) in [6.07, 6.45) is 0.648. The summed E-state index contributed by atoms with van der Waals surface area (Å²) in [7, 11) is 0. The molecule has 2 N–H and O–H groups in total. The average Bonchev–Trinajstić information content (AvgIpc) is 2.67. The Morgan fingerprint density at radius 2 is 1.85 bits per heavy atom. The summed E-state index contributed by atoms with van der Waals surface area (Å²) in [4.78, 5) is 12.8. The van der Waals surface area contributed by atoms with Gasteiger partial charge < -0.3 is 15.1 Å². The van der Waals surface area contributed by atoms with Crippen LogP contribution in [0.5, 0.6) is 0 Å². The number of rotatable bonds is 5. The minimum absolute atomic E-state index is 0.0109. The molecular weight excluding hydrogens is 339 g/mol. The minimum atomic E-state index is -0.684. The van der Waals surface area contributed by atoms with Crippen molar-refractivity contribution < 1.29 is 19.5 Å². The molecule has 2 aromatic rings. The van der Waals surface area contributed by atoms with Gasteiger partial charge in [-0.1, -0.05) is 12.1 Å². The number of nitrogens with zero attached hydrogens (tertiary/aromatic N) is 2. The molecule has 1 aliphatic rings. The number of aliphatic hydroxyl groups excluding tert-OH is 2. The predicted molar refractivity (Wildman–Crippen MR) is 95.3 cm³/mol. The molecule has 1 atom stereocenters. The number of aliphatic hydroxyl groups is 2. The number of hydrogen-bond acceptors (Lipinski definition) is 5. The molecule has 0 bridgehead atoms. The van der Waals surface area contributed by atoms with Gasteiger partial charge in [0.1, 0.15) is 11.5 Å². The minimum Gasteiger partial charge on any atom is -0.392 e. The van der Waals surface area contributed by atoms with Gasteiger partial charge in [0.2, 0.25) is 0 Å². The topological polar surface area (TPSA) is 86.8 Å². The Balaban J connectivity index is 1.72. The van der Waals surface area contributed by atoms with E-state index in [9.17, 15) is 24.7 Å². The molecule has 1 unspecified atom stereocenters. The van der Waals surface area contributed by atoms with E-state index in [4.69, 9.17) is 0 Å². The molecule has 138 valence electrons. The van der Waals surface area contributed by atoms with Crippen molar-refractivity contribution >= 4 is 11.4 Å². The van der Waals surface area contributed by atoms with E-state index in [1.54, 1.807) is 24.3 Å². The lowest BCUT2D eigenvalue weighted by Gasteiger charge is -2.35. The van der Waals surface area contributed by atoms with E-state index in [0.717, 1.165) is 0 Å². The normalized spacial score (nSPS) is 16.5. The molecule has 0 spiro atoms. The van der Waals surface area contributed by atoms with Gasteiger partial charge in [-0.15, -0.1) is 0 Å². The number of benzene rings is 2. The molecule has 1 aliphatic heterocycles. The molecule has 1 fully saturated rings. The molecule has 1 heterocycles. The third kappa shape index (κ3) is 3.84. The lowest BCUT2D eigenvalue weighted by Crippen LogP contribution is -2.36. The fourth-order valence-electron chi connectivity index (χ4n) is 3.46. The molecule has 2 aromatic carbocycles. The van der Waals surface area contributed by atoms with Crippen LogP contribution < -0.4 is 4.90 Å². The summed E-state index contributed by atoms with van der Waals surface area (Å²) in [6, 6.07) is 10.4. The summed E-state index contributed by atoms with van der Waals surface area (Å²) >= 11 is 0. The van der Waals surface area contributed by atoms with E-state index < -0.39 is 11.0 Å². The van der Waals surface area contributed by atoms with Crippen molar-refractivity contribution in [3.8, 4) is 0 Å². The number of anilines is 1. The first-order chi connectivity index (χ1) is 12.5. The first-order valence-electron chi connectivity index (χ1n) is 8.56. The Morgan fingerprint density at radius 1 is 1.19 bits per heavy atom. The average molecular weight is 360 g/mol. The molecule has 0 aromatic heterocycles. The molecule has 0 saturated carbocycles. The highest BCUT2D eigenvalue weighted by atomic mass is 19.1. The predicted octanol–water partition coefficient (Wildman–Crippen LogP) is 3.18. The first kappa shape index (κ1) is 18.3.